The molecule has 6 heteroatoms. The van der Waals surface area contributed by atoms with Gasteiger partial charge >= 0.3 is 5.97 Å². The van der Waals surface area contributed by atoms with Crippen molar-refractivity contribution < 1.29 is 24.5 Å². The van der Waals surface area contributed by atoms with Crippen LogP contribution in [0.1, 0.15) is 399 Å². The molecule has 2 unspecified atom stereocenters. The van der Waals surface area contributed by atoms with E-state index in [1.54, 1.807) is 6.08 Å². The Morgan fingerprint density at radius 2 is 0.588 bits per heavy atom. The third kappa shape index (κ3) is 65.2. The summed E-state index contributed by atoms with van der Waals surface area (Å²) in [4.78, 5) is 24.6. The Bertz CT molecular complexity index is 1300. The summed E-state index contributed by atoms with van der Waals surface area (Å²) in [6.07, 6.45) is 89.4. The smallest absolute Gasteiger partial charge is 0.305 e. The molecule has 0 saturated carbocycles. The monoisotopic (exact) mass is 1120 g/mol. The second kappa shape index (κ2) is 69.6. The van der Waals surface area contributed by atoms with Gasteiger partial charge in [-0.15, -0.1) is 0 Å². The molecule has 0 rings (SSSR count). The van der Waals surface area contributed by atoms with Crippen LogP contribution >= 0.6 is 0 Å². The Morgan fingerprint density at radius 1 is 0.338 bits per heavy atom. The van der Waals surface area contributed by atoms with Crippen LogP contribution in [0.15, 0.2) is 36.5 Å². The predicted octanol–water partition coefficient (Wildman–Crippen LogP) is 23.5. The van der Waals surface area contributed by atoms with Crippen molar-refractivity contribution in [2.75, 3.05) is 13.2 Å². The fourth-order valence-corrected chi connectivity index (χ4v) is 11.3. The molecule has 0 aliphatic heterocycles. The standard InChI is InChI=1S/C74H141NO5/c1-3-5-7-9-11-13-15-17-19-21-22-28-31-35-38-42-46-50-54-58-62-66-72(77)71(70-76)75-73(78)67-63-59-55-51-47-43-39-36-32-29-26-24-23-25-27-30-33-37-41-45-49-53-57-61-65-69-80-74(79)68-64-60-56-52-48-44-40-34-20-18-16-14-12-10-8-6-4-2/h18,20,24,26,62,66,71-72,76-77H,3-17,19,21-23,25,27-61,63-65,67-70H2,1-2H3,(H,75,78)/b20-18-,26-24-,66-62+. The minimum atomic E-state index is -0.848. The van der Waals surface area contributed by atoms with Crippen LogP contribution < -0.4 is 5.32 Å². The third-order valence-electron chi connectivity index (χ3n) is 16.9. The summed E-state index contributed by atoms with van der Waals surface area (Å²) in [6, 6.07) is -0.632. The highest BCUT2D eigenvalue weighted by atomic mass is 16.5. The first-order valence-corrected chi connectivity index (χ1v) is 36.3. The van der Waals surface area contributed by atoms with Crippen LogP contribution in [0, 0.1) is 0 Å². The van der Waals surface area contributed by atoms with Crippen LogP contribution in [0.5, 0.6) is 0 Å². The van der Waals surface area contributed by atoms with Crippen molar-refractivity contribution in [3.63, 3.8) is 0 Å². The molecule has 0 aliphatic carbocycles. The molecule has 0 radical (unpaired) electrons. The molecule has 0 saturated heterocycles. The number of nitrogens with one attached hydrogen (secondary N) is 1. The number of allylic oxidation sites excluding steroid dienone is 5. The van der Waals surface area contributed by atoms with Crippen molar-refractivity contribution in [3.05, 3.63) is 36.5 Å². The third-order valence-corrected chi connectivity index (χ3v) is 16.9. The van der Waals surface area contributed by atoms with E-state index in [0.717, 1.165) is 44.9 Å². The average Bonchev–Trinajstić information content (AvgIpc) is 3.46. The summed E-state index contributed by atoms with van der Waals surface area (Å²) in [7, 11) is 0. The molecular formula is C74H141NO5. The number of hydrogen-bond acceptors (Lipinski definition) is 5. The normalized spacial score (nSPS) is 12.7. The molecule has 0 heterocycles. The lowest BCUT2D eigenvalue weighted by molar-refractivity contribution is -0.143. The summed E-state index contributed by atoms with van der Waals surface area (Å²) in [6.45, 7) is 4.93. The van der Waals surface area contributed by atoms with E-state index in [2.05, 4.69) is 43.5 Å². The molecule has 6 nitrogen and oxygen atoms in total. The Labute approximate surface area is 500 Å². The van der Waals surface area contributed by atoms with Gasteiger partial charge in [0.15, 0.2) is 0 Å². The summed E-state index contributed by atoms with van der Waals surface area (Å²) in [5.41, 5.74) is 0. The SMILES string of the molecule is CCCCCCCC/C=C\CCCCCCCCCC(=O)OCCCCCCCCCCCCCC/C=C\CCCCCCCCCCCC(=O)NC(CO)C(O)/C=C/CCCCCCCCCCCCCCCCCCCCC. The minimum Gasteiger partial charge on any atom is -0.466 e. The van der Waals surface area contributed by atoms with Crippen LogP contribution in [0.25, 0.3) is 0 Å². The fourth-order valence-electron chi connectivity index (χ4n) is 11.3. The molecule has 0 aromatic rings. The van der Waals surface area contributed by atoms with Gasteiger partial charge < -0.3 is 20.3 Å². The van der Waals surface area contributed by atoms with Crippen molar-refractivity contribution >= 4 is 11.9 Å². The Balaban J connectivity index is 3.42. The van der Waals surface area contributed by atoms with Crippen molar-refractivity contribution in [1.82, 2.24) is 5.32 Å². The number of hydrogen-bond donors (Lipinski definition) is 3. The molecule has 0 aliphatic rings. The van der Waals surface area contributed by atoms with E-state index in [9.17, 15) is 19.8 Å². The molecule has 0 spiro atoms. The number of rotatable bonds is 68. The predicted molar refractivity (Wildman–Crippen MR) is 352 cm³/mol. The highest BCUT2D eigenvalue weighted by Gasteiger charge is 2.18. The van der Waals surface area contributed by atoms with Crippen LogP contribution in [-0.2, 0) is 14.3 Å². The number of amides is 1. The maximum Gasteiger partial charge on any atom is 0.305 e. The van der Waals surface area contributed by atoms with Gasteiger partial charge in [-0.2, -0.15) is 0 Å². The quantitative estimate of drug-likeness (QED) is 0.0320. The molecule has 0 bridgehead atoms. The number of carbonyl (C=O) groups is 2. The highest BCUT2D eigenvalue weighted by molar-refractivity contribution is 5.76. The number of aliphatic hydroxyl groups excluding tert-OH is 2. The Kier molecular flexibility index (Phi) is 67.9. The van der Waals surface area contributed by atoms with E-state index in [0.29, 0.717) is 19.4 Å². The molecular weight excluding hydrogens is 983 g/mol. The van der Waals surface area contributed by atoms with Gasteiger partial charge in [0.1, 0.15) is 0 Å². The molecule has 80 heavy (non-hydrogen) atoms. The fraction of sp³-hybridized carbons (Fsp3) is 0.892. The highest BCUT2D eigenvalue weighted by Crippen LogP contribution is 2.18. The van der Waals surface area contributed by atoms with Crippen molar-refractivity contribution in [3.8, 4) is 0 Å². The molecule has 472 valence electrons. The number of aliphatic hydroxyl groups is 2. The van der Waals surface area contributed by atoms with E-state index < -0.39 is 12.1 Å². The Morgan fingerprint density at radius 3 is 0.887 bits per heavy atom. The van der Waals surface area contributed by atoms with Crippen LogP contribution in [0.3, 0.4) is 0 Å². The topological polar surface area (TPSA) is 95.9 Å². The molecule has 2 atom stereocenters. The molecule has 1 amide bonds. The van der Waals surface area contributed by atoms with E-state index in [-0.39, 0.29) is 18.5 Å². The summed E-state index contributed by atoms with van der Waals surface area (Å²) >= 11 is 0. The van der Waals surface area contributed by atoms with E-state index in [1.165, 1.54) is 327 Å². The number of esters is 1. The van der Waals surface area contributed by atoms with Crippen LogP contribution in [-0.4, -0.2) is 47.4 Å². The van der Waals surface area contributed by atoms with Gasteiger partial charge in [0, 0.05) is 12.8 Å². The summed E-state index contributed by atoms with van der Waals surface area (Å²) < 4.78 is 5.50. The van der Waals surface area contributed by atoms with Gasteiger partial charge in [0.05, 0.1) is 25.4 Å². The van der Waals surface area contributed by atoms with Crippen LogP contribution in [0.4, 0.5) is 0 Å². The van der Waals surface area contributed by atoms with Gasteiger partial charge in [-0.05, 0) is 83.5 Å². The average molecular weight is 1120 g/mol. The second-order valence-electron chi connectivity index (χ2n) is 24.9. The molecule has 3 N–H and O–H groups in total. The van der Waals surface area contributed by atoms with Gasteiger partial charge in [-0.3, -0.25) is 9.59 Å². The second-order valence-corrected chi connectivity index (χ2v) is 24.9. The maximum absolute atomic E-state index is 12.5. The van der Waals surface area contributed by atoms with Gasteiger partial charge in [0.2, 0.25) is 5.91 Å². The number of ether oxygens (including phenoxy) is 1. The Hall–Kier alpha value is -1.92. The number of carbonyl (C=O) groups excluding carboxylic acids is 2. The van der Waals surface area contributed by atoms with Crippen LogP contribution in [0.2, 0.25) is 0 Å². The summed E-state index contributed by atoms with van der Waals surface area (Å²) in [5.74, 6) is -0.0571. The lowest BCUT2D eigenvalue weighted by Gasteiger charge is -2.20. The zero-order valence-corrected chi connectivity index (χ0v) is 54.1. The maximum atomic E-state index is 12.5. The first kappa shape index (κ1) is 78.1. The molecule has 0 aromatic heterocycles. The number of unbranched alkanes of at least 4 members (excludes halogenated alkanes) is 53. The lowest BCUT2D eigenvalue weighted by Crippen LogP contribution is -2.45. The lowest BCUT2D eigenvalue weighted by atomic mass is 10.0. The minimum absolute atomic E-state index is 0.0103. The largest absolute Gasteiger partial charge is 0.466 e. The van der Waals surface area contributed by atoms with E-state index in [4.69, 9.17) is 4.74 Å². The van der Waals surface area contributed by atoms with Crippen molar-refractivity contribution in [2.45, 2.75) is 411 Å². The zero-order chi connectivity index (χ0) is 57.8. The van der Waals surface area contributed by atoms with Gasteiger partial charge in [-0.1, -0.05) is 339 Å². The van der Waals surface area contributed by atoms with Gasteiger partial charge in [0.25, 0.3) is 0 Å². The van der Waals surface area contributed by atoms with E-state index >= 15 is 0 Å². The molecule has 0 fully saturated rings. The molecule has 0 aromatic carbocycles. The first-order valence-electron chi connectivity index (χ1n) is 36.3. The van der Waals surface area contributed by atoms with E-state index in [1.807, 2.05) is 6.08 Å². The van der Waals surface area contributed by atoms with Crippen molar-refractivity contribution in [2.24, 2.45) is 0 Å². The summed E-state index contributed by atoms with van der Waals surface area (Å²) in [5, 5.41) is 23.3. The van der Waals surface area contributed by atoms with Crippen molar-refractivity contribution in [1.29, 1.82) is 0 Å². The van der Waals surface area contributed by atoms with Gasteiger partial charge in [-0.25, -0.2) is 0 Å². The zero-order valence-electron chi connectivity index (χ0n) is 54.1. The first-order chi connectivity index (χ1) is 39.5.